The largest absolute Gasteiger partial charge is 0.316 e. The number of aromatic nitrogens is 4. The van der Waals surface area contributed by atoms with Crippen LogP contribution >= 0.6 is 23.1 Å². The molecule has 7 nitrogen and oxygen atoms in total. The number of tetrazole rings is 1. The zero-order valence-corrected chi connectivity index (χ0v) is 16.1. The van der Waals surface area contributed by atoms with E-state index in [0.29, 0.717) is 15.7 Å². The number of nitriles is 1. The van der Waals surface area contributed by atoms with E-state index < -0.39 is 5.25 Å². The van der Waals surface area contributed by atoms with Gasteiger partial charge in [-0.3, -0.25) is 4.79 Å². The van der Waals surface area contributed by atoms with Crippen LogP contribution in [-0.2, 0) is 4.79 Å². The van der Waals surface area contributed by atoms with Crippen LogP contribution in [0, 0.1) is 25.2 Å². The number of rotatable bonds is 5. The number of benzene rings is 1. The Hall–Kier alpha value is -2.70. The van der Waals surface area contributed by atoms with Crippen LogP contribution in [0.4, 0.5) is 5.00 Å². The average Bonchev–Trinajstić information content (AvgIpc) is 3.26. The highest BCUT2D eigenvalue weighted by atomic mass is 32.2. The number of thioether (sulfide) groups is 1. The molecule has 1 amide bonds. The maximum atomic E-state index is 12.5. The molecule has 0 aliphatic heterocycles. The summed E-state index contributed by atoms with van der Waals surface area (Å²) in [5.74, 6) is -0.204. The number of aryl methyl sites for hydroxylation is 2. The first-order chi connectivity index (χ1) is 12.5. The van der Waals surface area contributed by atoms with Crippen molar-refractivity contribution in [2.24, 2.45) is 0 Å². The van der Waals surface area contributed by atoms with Gasteiger partial charge in [-0.25, -0.2) is 0 Å². The van der Waals surface area contributed by atoms with Crippen molar-refractivity contribution in [3.8, 4) is 11.8 Å². The third-order valence-corrected chi connectivity index (χ3v) is 5.57. The highest BCUT2D eigenvalue weighted by Crippen LogP contribution is 2.27. The predicted octanol–water partition coefficient (Wildman–Crippen LogP) is 3.33. The molecule has 1 aromatic carbocycles. The Bertz CT molecular complexity index is 987. The summed E-state index contributed by atoms with van der Waals surface area (Å²) in [6, 6.07) is 9.78. The van der Waals surface area contributed by atoms with Crippen molar-refractivity contribution in [1.29, 1.82) is 5.26 Å². The van der Waals surface area contributed by atoms with E-state index in [1.165, 1.54) is 23.1 Å². The molecule has 3 aromatic rings. The molecule has 9 heteroatoms. The van der Waals surface area contributed by atoms with Gasteiger partial charge >= 0.3 is 0 Å². The van der Waals surface area contributed by atoms with E-state index in [-0.39, 0.29) is 5.91 Å². The molecule has 0 saturated heterocycles. The Balaban J connectivity index is 1.78. The van der Waals surface area contributed by atoms with E-state index in [1.54, 1.807) is 23.1 Å². The van der Waals surface area contributed by atoms with Crippen LogP contribution < -0.4 is 5.32 Å². The van der Waals surface area contributed by atoms with E-state index in [4.69, 9.17) is 5.26 Å². The molecular weight excluding hydrogens is 368 g/mol. The Morgan fingerprint density at radius 3 is 2.96 bits per heavy atom. The first kappa shape index (κ1) is 18.1. The quantitative estimate of drug-likeness (QED) is 0.678. The van der Waals surface area contributed by atoms with Crippen molar-refractivity contribution in [2.75, 3.05) is 5.32 Å². The lowest BCUT2D eigenvalue weighted by molar-refractivity contribution is -0.115. The summed E-state index contributed by atoms with van der Waals surface area (Å²) in [6.07, 6.45) is 0. The molecule has 2 aromatic heterocycles. The summed E-state index contributed by atoms with van der Waals surface area (Å²) >= 11 is 2.59. The number of amides is 1. The predicted molar refractivity (Wildman–Crippen MR) is 102 cm³/mol. The molecule has 3 rings (SSSR count). The van der Waals surface area contributed by atoms with Crippen LogP contribution in [0.25, 0.3) is 5.69 Å². The van der Waals surface area contributed by atoms with Gasteiger partial charge in [0.2, 0.25) is 11.1 Å². The normalized spacial score (nSPS) is 11.8. The molecule has 0 aliphatic carbocycles. The van der Waals surface area contributed by atoms with Gasteiger partial charge in [0, 0.05) is 0 Å². The van der Waals surface area contributed by atoms with Gasteiger partial charge < -0.3 is 5.32 Å². The lowest BCUT2D eigenvalue weighted by Gasteiger charge is -2.12. The fraction of sp³-hybridized carbons (Fsp3) is 0.235. The standard InChI is InChI=1S/C17H16N6OS2/c1-10-4-5-11(2)14(8-10)23-17(20-21-22-23)26-12(3)15(24)19-16-13(9-18)6-7-25-16/h4-8,12H,1-3H3,(H,19,24). The second-order valence-electron chi connectivity index (χ2n) is 5.69. The molecule has 26 heavy (non-hydrogen) atoms. The minimum absolute atomic E-state index is 0.204. The fourth-order valence-electron chi connectivity index (χ4n) is 2.27. The van der Waals surface area contributed by atoms with Gasteiger partial charge in [-0.2, -0.15) is 9.94 Å². The van der Waals surface area contributed by atoms with Crippen LogP contribution in [0.3, 0.4) is 0 Å². The zero-order valence-electron chi connectivity index (χ0n) is 14.4. The van der Waals surface area contributed by atoms with Gasteiger partial charge in [-0.1, -0.05) is 23.9 Å². The molecule has 0 spiro atoms. The average molecular weight is 384 g/mol. The van der Waals surface area contributed by atoms with Crippen LogP contribution in [0.2, 0.25) is 0 Å². The molecule has 0 aliphatic rings. The van der Waals surface area contributed by atoms with Gasteiger partial charge in [0.15, 0.2) is 0 Å². The molecular formula is C17H16N6OS2. The SMILES string of the molecule is Cc1ccc(C)c(-n2nnnc2SC(C)C(=O)Nc2sccc2C#N)c1. The minimum atomic E-state index is -0.432. The molecule has 1 unspecified atom stereocenters. The molecule has 0 radical (unpaired) electrons. The molecule has 0 bridgehead atoms. The van der Waals surface area contributed by atoms with Gasteiger partial charge in [-0.05, 0) is 59.8 Å². The van der Waals surface area contributed by atoms with Gasteiger partial charge in [0.25, 0.3) is 0 Å². The first-order valence-electron chi connectivity index (χ1n) is 7.80. The minimum Gasteiger partial charge on any atom is -0.316 e. The number of carbonyl (C=O) groups is 1. The number of thiophene rings is 1. The topological polar surface area (TPSA) is 96.5 Å². The lowest BCUT2D eigenvalue weighted by atomic mass is 10.1. The summed E-state index contributed by atoms with van der Waals surface area (Å²) < 4.78 is 1.64. The third kappa shape index (κ3) is 3.76. The van der Waals surface area contributed by atoms with Crippen molar-refractivity contribution in [3.63, 3.8) is 0 Å². The Morgan fingerprint density at radius 1 is 1.38 bits per heavy atom. The van der Waals surface area contributed by atoms with E-state index in [1.807, 2.05) is 32.0 Å². The highest BCUT2D eigenvalue weighted by molar-refractivity contribution is 8.00. The zero-order chi connectivity index (χ0) is 18.7. The Kier molecular flexibility index (Phi) is 5.35. The number of hydrogen-bond donors (Lipinski definition) is 1. The van der Waals surface area contributed by atoms with E-state index >= 15 is 0 Å². The van der Waals surface area contributed by atoms with E-state index in [2.05, 4.69) is 26.9 Å². The summed E-state index contributed by atoms with van der Waals surface area (Å²) in [7, 11) is 0. The summed E-state index contributed by atoms with van der Waals surface area (Å²) in [5, 5.41) is 26.1. The molecule has 1 atom stereocenters. The Labute approximate surface area is 159 Å². The number of anilines is 1. The summed E-state index contributed by atoms with van der Waals surface area (Å²) in [5.41, 5.74) is 3.49. The number of nitrogens with one attached hydrogen (secondary N) is 1. The van der Waals surface area contributed by atoms with Crippen LogP contribution in [0.15, 0.2) is 34.8 Å². The molecule has 0 saturated carbocycles. The summed E-state index contributed by atoms with van der Waals surface area (Å²) in [4.78, 5) is 12.5. The monoisotopic (exact) mass is 384 g/mol. The smallest absolute Gasteiger partial charge is 0.238 e. The van der Waals surface area contributed by atoms with Crippen molar-refractivity contribution in [3.05, 3.63) is 46.3 Å². The molecule has 0 fully saturated rings. The summed E-state index contributed by atoms with van der Waals surface area (Å²) in [6.45, 7) is 5.77. The van der Waals surface area contributed by atoms with Crippen LogP contribution in [0.5, 0.6) is 0 Å². The highest BCUT2D eigenvalue weighted by Gasteiger charge is 2.21. The maximum absolute atomic E-state index is 12.5. The third-order valence-electron chi connectivity index (χ3n) is 3.71. The maximum Gasteiger partial charge on any atom is 0.238 e. The fourth-order valence-corrected chi connectivity index (χ4v) is 3.81. The van der Waals surface area contributed by atoms with Crippen LogP contribution in [0.1, 0.15) is 23.6 Å². The van der Waals surface area contributed by atoms with Gasteiger partial charge in [-0.15, -0.1) is 16.4 Å². The Morgan fingerprint density at radius 2 is 2.19 bits per heavy atom. The second-order valence-corrected chi connectivity index (χ2v) is 7.91. The van der Waals surface area contributed by atoms with E-state index in [0.717, 1.165) is 16.8 Å². The van der Waals surface area contributed by atoms with Gasteiger partial charge in [0.1, 0.15) is 11.1 Å². The van der Waals surface area contributed by atoms with Crippen molar-refractivity contribution in [1.82, 2.24) is 20.2 Å². The molecule has 1 N–H and O–H groups in total. The van der Waals surface area contributed by atoms with E-state index in [9.17, 15) is 4.79 Å². The number of hydrogen-bond acceptors (Lipinski definition) is 7. The number of carbonyl (C=O) groups excluding carboxylic acids is 1. The van der Waals surface area contributed by atoms with Crippen molar-refractivity contribution < 1.29 is 4.79 Å². The number of nitrogens with zero attached hydrogens (tertiary/aromatic N) is 5. The molecule has 2 heterocycles. The van der Waals surface area contributed by atoms with Crippen LogP contribution in [-0.4, -0.2) is 31.4 Å². The van der Waals surface area contributed by atoms with Crippen molar-refractivity contribution in [2.45, 2.75) is 31.2 Å². The lowest BCUT2D eigenvalue weighted by Crippen LogP contribution is -2.22. The van der Waals surface area contributed by atoms with Gasteiger partial charge in [0.05, 0.1) is 16.5 Å². The second kappa shape index (κ2) is 7.68. The first-order valence-corrected chi connectivity index (χ1v) is 9.56. The van der Waals surface area contributed by atoms with Crippen molar-refractivity contribution >= 4 is 34.0 Å². The molecule has 132 valence electrons.